The number of fused-ring (bicyclic) bond motifs is 1. The molecule has 0 N–H and O–H groups in total. The molecule has 0 bridgehead atoms. The maximum atomic E-state index is 6.32. The molecule has 6 heteroatoms. The van der Waals surface area contributed by atoms with Gasteiger partial charge in [-0.3, -0.25) is 0 Å². The van der Waals surface area contributed by atoms with Gasteiger partial charge in [0.2, 0.25) is 0 Å². The van der Waals surface area contributed by atoms with Crippen molar-refractivity contribution in [2.45, 2.75) is 57.8 Å². The fourth-order valence-corrected chi connectivity index (χ4v) is 2.92. The van der Waals surface area contributed by atoms with Crippen LogP contribution in [0.1, 0.15) is 44.1 Å². The first-order chi connectivity index (χ1) is 9.49. The summed E-state index contributed by atoms with van der Waals surface area (Å²) in [6, 6.07) is 0. The van der Waals surface area contributed by atoms with Crippen LogP contribution in [0.15, 0.2) is 0 Å². The fraction of sp³-hybridized carbons (Fsp3) is 0.714. The van der Waals surface area contributed by atoms with Gasteiger partial charge in [-0.2, -0.15) is 16.9 Å². The summed E-state index contributed by atoms with van der Waals surface area (Å²) in [4.78, 5) is 4.72. The number of halogens is 1. The van der Waals surface area contributed by atoms with Crippen LogP contribution in [0.4, 0.5) is 0 Å². The zero-order valence-corrected chi connectivity index (χ0v) is 14.4. The van der Waals surface area contributed by atoms with Gasteiger partial charge in [-0.25, -0.2) is 9.67 Å². The van der Waals surface area contributed by atoms with Crippen molar-refractivity contribution in [3.63, 3.8) is 0 Å². The zero-order chi connectivity index (χ0) is 14.9. The number of hydrogen-bond donors (Lipinski definition) is 0. The van der Waals surface area contributed by atoms with Gasteiger partial charge in [-0.05, 0) is 33.4 Å². The number of nitrogens with zero attached hydrogens (tertiary/aromatic N) is 4. The van der Waals surface area contributed by atoms with Crippen LogP contribution in [0.3, 0.4) is 0 Å². The summed E-state index contributed by atoms with van der Waals surface area (Å²) in [6.45, 7) is 10.2. The van der Waals surface area contributed by atoms with E-state index in [1.54, 1.807) is 0 Å². The Labute approximate surface area is 129 Å². The van der Waals surface area contributed by atoms with Gasteiger partial charge in [0.15, 0.2) is 5.65 Å². The third kappa shape index (κ3) is 2.84. The third-order valence-corrected chi connectivity index (χ3v) is 4.88. The summed E-state index contributed by atoms with van der Waals surface area (Å²) in [6.07, 6.45) is 3.26. The summed E-state index contributed by atoms with van der Waals surface area (Å²) in [5, 5.41) is 5.10. The molecule has 0 radical (unpaired) electrons. The first kappa shape index (κ1) is 15.7. The van der Waals surface area contributed by atoms with Crippen molar-refractivity contribution in [1.29, 1.82) is 0 Å². The fourth-order valence-electron chi connectivity index (χ4n) is 2.41. The first-order valence-corrected chi connectivity index (χ1v) is 8.82. The molecule has 0 aliphatic rings. The standard InChI is InChI=1S/C14H23ClN4S/c1-6-19-14-12(11(4)17-19)16-13(10(3)15)18(14)8-7-9(2)20-5/h9-10H,6-8H2,1-5H3. The SMILES string of the molecule is CCn1nc(C)c2nc(C(C)Cl)n(CCC(C)SC)c21. The molecule has 2 atom stereocenters. The van der Waals surface area contributed by atoms with Crippen LogP contribution in [0, 0.1) is 6.92 Å². The lowest BCUT2D eigenvalue weighted by atomic mass is 10.3. The molecule has 0 aliphatic carbocycles. The Morgan fingerprint density at radius 3 is 2.60 bits per heavy atom. The highest BCUT2D eigenvalue weighted by atomic mass is 35.5. The normalized spacial score (nSPS) is 14.9. The van der Waals surface area contributed by atoms with E-state index in [9.17, 15) is 0 Å². The van der Waals surface area contributed by atoms with E-state index in [1.165, 1.54) is 0 Å². The van der Waals surface area contributed by atoms with Crippen LogP contribution < -0.4 is 0 Å². The van der Waals surface area contributed by atoms with Crippen molar-refractivity contribution >= 4 is 34.5 Å². The lowest BCUT2D eigenvalue weighted by molar-refractivity contribution is 0.586. The number of aromatic nitrogens is 4. The largest absolute Gasteiger partial charge is 0.312 e. The van der Waals surface area contributed by atoms with Gasteiger partial charge in [0.1, 0.15) is 11.3 Å². The highest BCUT2D eigenvalue weighted by molar-refractivity contribution is 7.99. The second-order valence-corrected chi connectivity index (χ2v) is 7.08. The van der Waals surface area contributed by atoms with Crippen LogP contribution in [0.25, 0.3) is 11.2 Å². The molecular weight excluding hydrogens is 292 g/mol. The Hall–Kier alpha value is -0.680. The first-order valence-electron chi connectivity index (χ1n) is 7.09. The van der Waals surface area contributed by atoms with E-state index in [0.717, 1.165) is 42.2 Å². The zero-order valence-electron chi connectivity index (χ0n) is 12.9. The second kappa shape index (κ2) is 6.39. The lowest BCUT2D eigenvalue weighted by Gasteiger charge is -2.14. The molecule has 2 rings (SSSR count). The maximum absolute atomic E-state index is 6.32. The highest BCUT2D eigenvalue weighted by Crippen LogP contribution is 2.27. The van der Waals surface area contributed by atoms with Crippen molar-refractivity contribution in [2.24, 2.45) is 0 Å². The summed E-state index contributed by atoms with van der Waals surface area (Å²) in [5.41, 5.74) is 3.09. The molecule has 112 valence electrons. The molecule has 0 saturated carbocycles. The topological polar surface area (TPSA) is 35.6 Å². The van der Waals surface area contributed by atoms with E-state index < -0.39 is 0 Å². The van der Waals surface area contributed by atoms with Crippen molar-refractivity contribution in [2.75, 3.05) is 6.26 Å². The van der Waals surface area contributed by atoms with Crippen molar-refractivity contribution in [1.82, 2.24) is 19.3 Å². The molecule has 20 heavy (non-hydrogen) atoms. The minimum Gasteiger partial charge on any atom is -0.312 e. The van der Waals surface area contributed by atoms with Crippen molar-refractivity contribution < 1.29 is 0 Å². The average Bonchev–Trinajstić information content (AvgIpc) is 2.94. The molecule has 2 heterocycles. The summed E-state index contributed by atoms with van der Waals surface area (Å²) in [5.74, 6) is 0.956. The Balaban J connectivity index is 2.49. The van der Waals surface area contributed by atoms with Gasteiger partial charge in [0, 0.05) is 18.3 Å². The van der Waals surface area contributed by atoms with E-state index in [1.807, 2.05) is 30.3 Å². The van der Waals surface area contributed by atoms with Crippen LogP contribution in [-0.4, -0.2) is 30.8 Å². The molecule has 0 aromatic carbocycles. The van der Waals surface area contributed by atoms with E-state index in [4.69, 9.17) is 16.6 Å². The van der Waals surface area contributed by atoms with Gasteiger partial charge < -0.3 is 4.57 Å². The predicted octanol–water partition coefficient (Wildman–Crippen LogP) is 4.00. The number of alkyl halides is 1. The molecule has 0 fully saturated rings. The van der Waals surface area contributed by atoms with Crippen LogP contribution in [-0.2, 0) is 13.1 Å². The van der Waals surface area contributed by atoms with Crippen molar-refractivity contribution in [3.8, 4) is 0 Å². The Kier molecular flexibility index (Phi) is 5.02. The van der Waals surface area contributed by atoms with E-state index in [2.05, 4.69) is 29.8 Å². The number of imidazole rings is 1. The monoisotopic (exact) mass is 314 g/mol. The van der Waals surface area contributed by atoms with Crippen molar-refractivity contribution in [3.05, 3.63) is 11.5 Å². The Bertz CT molecular complexity index is 588. The van der Waals surface area contributed by atoms with Gasteiger partial charge in [-0.15, -0.1) is 11.6 Å². The second-order valence-electron chi connectivity index (χ2n) is 5.15. The van der Waals surface area contributed by atoms with E-state index in [-0.39, 0.29) is 5.38 Å². The summed E-state index contributed by atoms with van der Waals surface area (Å²) >= 11 is 8.21. The van der Waals surface area contributed by atoms with Crippen LogP contribution in [0.5, 0.6) is 0 Å². The number of rotatable bonds is 6. The predicted molar refractivity (Wildman–Crippen MR) is 87.8 cm³/mol. The number of hydrogen-bond acceptors (Lipinski definition) is 3. The maximum Gasteiger partial charge on any atom is 0.158 e. The summed E-state index contributed by atoms with van der Waals surface area (Å²) < 4.78 is 4.29. The minimum atomic E-state index is -0.0864. The molecule has 0 aliphatic heterocycles. The molecule has 0 spiro atoms. The number of aryl methyl sites for hydroxylation is 3. The van der Waals surface area contributed by atoms with Crippen LogP contribution >= 0.6 is 23.4 Å². The molecule has 0 amide bonds. The van der Waals surface area contributed by atoms with Gasteiger partial charge >= 0.3 is 0 Å². The molecule has 2 aromatic rings. The van der Waals surface area contributed by atoms with Crippen LogP contribution in [0.2, 0.25) is 0 Å². The summed E-state index contributed by atoms with van der Waals surface area (Å²) in [7, 11) is 0. The lowest BCUT2D eigenvalue weighted by Crippen LogP contribution is -2.12. The minimum absolute atomic E-state index is 0.0864. The Morgan fingerprint density at radius 2 is 2.05 bits per heavy atom. The molecule has 0 saturated heterocycles. The van der Waals surface area contributed by atoms with Gasteiger partial charge in [0.05, 0.1) is 11.1 Å². The third-order valence-electron chi connectivity index (χ3n) is 3.65. The van der Waals surface area contributed by atoms with Gasteiger partial charge in [-0.1, -0.05) is 6.92 Å². The quantitative estimate of drug-likeness (QED) is 0.756. The number of thioether (sulfide) groups is 1. The van der Waals surface area contributed by atoms with E-state index in [0.29, 0.717) is 5.25 Å². The average molecular weight is 315 g/mol. The van der Waals surface area contributed by atoms with E-state index >= 15 is 0 Å². The highest BCUT2D eigenvalue weighted by Gasteiger charge is 2.20. The smallest absolute Gasteiger partial charge is 0.158 e. The molecular formula is C14H23ClN4S. The molecule has 2 aromatic heterocycles. The molecule has 4 nitrogen and oxygen atoms in total. The molecule has 2 unspecified atom stereocenters. The van der Waals surface area contributed by atoms with Gasteiger partial charge in [0.25, 0.3) is 0 Å². The Morgan fingerprint density at radius 1 is 1.35 bits per heavy atom.